The lowest BCUT2D eigenvalue weighted by molar-refractivity contribution is 0.628. The fraction of sp³-hybridized carbons (Fsp3) is 0. The largest absolute Gasteiger partial charge is 0.330 e. The van der Waals surface area contributed by atoms with E-state index in [0.29, 0.717) is 10.8 Å². The Balaban J connectivity index is 2.26. The molecule has 0 amide bonds. The van der Waals surface area contributed by atoms with Crippen LogP contribution >= 0.6 is 11.6 Å². The molecule has 3 rings (SSSR count). The maximum atomic E-state index is 12.9. The van der Waals surface area contributed by atoms with Gasteiger partial charge in [0, 0.05) is 10.9 Å². The Labute approximate surface area is 101 Å². The summed E-state index contributed by atoms with van der Waals surface area (Å²) in [4.78, 5) is 11.2. The molecule has 0 aliphatic rings. The third kappa shape index (κ3) is 1.76. The molecule has 1 N–H and O–H groups in total. The first kappa shape index (κ1) is 10.2. The summed E-state index contributed by atoms with van der Waals surface area (Å²) in [6.07, 6.45) is 1.45. The summed E-state index contributed by atoms with van der Waals surface area (Å²) in [5.41, 5.74) is 2.23. The van der Waals surface area contributed by atoms with Gasteiger partial charge in [0.25, 0.3) is 0 Å². The number of aromatic amines is 1. The number of nitrogens with zero attached hydrogens (tertiary/aromatic N) is 2. The van der Waals surface area contributed by atoms with Crippen molar-refractivity contribution in [2.75, 3.05) is 0 Å². The molecule has 0 spiro atoms. The van der Waals surface area contributed by atoms with Crippen molar-refractivity contribution in [1.82, 2.24) is 15.0 Å². The van der Waals surface area contributed by atoms with Crippen LogP contribution in [0.2, 0.25) is 5.15 Å². The molecule has 0 bridgehead atoms. The number of halogens is 2. The molecule has 0 saturated heterocycles. The predicted molar refractivity (Wildman–Crippen MR) is 64.3 cm³/mol. The summed E-state index contributed by atoms with van der Waals surface area (Å²) in [7, 11) is 0. The normalized spacial score (nSPS) is 10.9. The van der Waals surface area contributed by atoms with Crippen LogP contribution in [0.25, 0.3) is 22.3 Å². The molecule has 84 valence electrons. The molecule has 0 radical (unpaired) electrons. The zero-order valence-electron chi connectivity index (χ0n) is 8.61. The van der Waals surface area contributed by atoms with Gasteiger partial charge in [0.1, 0.15) is 22.9 Å². The molecule has 0 fully saturated rings. The molecule has 2 heterocycles. The maximum Gasteiger partial charge on any atom is 0.142 e. The van der Waals surface area contributed by atoms with Gasteiger partial charge in [-0.05, 0) is 30.3 Å². The van der Waals surface area contributed by atoms with E-state index in [9.17, 15) is 4.39 Å². The van der Waals surface area contributed by atoms with Crippen molar-refractivity contribution in [2.24, 2.45) is 0 Å². The quantitative estimate of drug-likeness (QED) is 0.716. The van der Waals surface area contributed by atoms with Gasteiger partial charge in [0.2, 0.25) is 0 Å². The van der Waals surface area contributed by atoms with Crippen LogP contribution in [0.1, 0.15) is 0 Å². The first-order valence-electron chi connectivity index (χ1n) is 4.99. The lowest BCUT2D eigenvalue weighted by Crippen LogP contribution is -1.87. The topological polar surface area (TPSA) is 41.6 Å². The molecule has 0 aliphatic heterocycles. The summed E-state index contributed by atoms with van der Waals surface area (Å²) >= 11 is 5.88. The van der Waals surface area contributed by atoms with E-state index in [4.69, 9.17) is 11.6 Å². The molecule has 0 unspecified atom stereocenters. The second kappa shape index (κ2) is 3.82. The third-order valence-corrected chi connectivity index (χ3v) is 2.71. The second-order valence-corrected chi connectivity index (χ2v) is 4.02. The van der Waals surface area contributed by atoms with Crippen LogP contribution in [0.3, 0.4) is 0 Å². The summed E-state index contributed by atoms with van der Waals surface area (Å²) < 4.78 is 12.9. The van der Waals surface area contributed by atoms with E-state index in [-0.39, 0.29) is 5.82 Å². The number of H-pyrrole nitrogens is 1. The highest BCUT2D eigenvalue weighted by Gasteiger charge is 2.08. The number of hydrogen-bond acceptors (Lipinski definition) is 2. The summed E-state index contributed by atoms with van der Waals surface area (Å²) in [5.74, 6) is -0.272. The summed E-state index contributed by atoms with van der Waals surface area (Å²) in [6, 6.07) is 7.92. The maximum absolute atomic E-state index is 12.9. The molecular weight excluding hydrogens is 241 g/mol. The number of fused-ring (bicyclic) bond motifs is 1. The lowest BCUT2D eigenvalue weighted by atomic mass is 10.1. The zero-order chi connectivity index (χ0) is 11.8. The van der Waals surface area contributed by atoms with Crippen LogP contribution in [-0.2, 0) is 0 Å². The van der Waals surface area contributed by atoms with E-state index < -0.39 is 0 Å². The van der Waals surface area contributed by atoms with Crippen LogP contribution in [0, 0.1) is 5.82 Å². The van der Waals surface area contributed by atoms with Gasteiger partial charge < -0.3 is 4.98 Å². The first-order valence-corrected chi connectivity index (χ1v) is 5.37. The number of nitrogens with one attached hydrogen (secondary N) is 1. The lowest BCUT2D eigenvalue weighted by Gasteiger charge is -2.01. The van der Waals surface area contributed by atoms with Crippen molar-refractivity contribution < 1.29 is 4.39 Å². The van der Waals surface area contributed by atoms with Gasteiger partial charge in [0.05, 0.1) is 5.69 Å². The molecule has 0 atom stereocenters. The average Bonchev–Trinajstić information content (AvgIpc) is 2.70. The highest BCUT2D eigenvalue weighted by Crippen LogP contribution is 2.27. The first-order chi connectivity index (χ1) is 8.24. The van der Waals surface area contributed by atoms with Crippen LogP contribution < -0.4 is 0 Å². The smallest absolute Gasteiger partial charge is 0.142 e. The molecule has 2 aromatic heterocycles. The minimum Gasteiger partial charge on any atom is -0.330 e. The van der Waals surface area contributed by atoms with E-state index in [1.165, 1.54) is 18.5 Å². The Bertz CT molecular complexity index is 676. The Morgan fingerprint density at radius 1 is 1.12 bits per heavy atom. The predicted octanol–water partition coefficient (Wildman–Crippen LogP) is 3.42. The van der Waals surface area contributed by atoms with Crippen molar-refractivity contribution in [3.8, 4) is 11.3 Å². The number of hydrogen-bond donors (Lipinski definition) is 1. The molecule has 3 aromatic rings. The van der Waals surface area contributed by atoms with Gasteiger partial charge in [-0.25, -0.2) is 14.4 Å². The molecule has 0 aliphatic carbocycles. The van der Waals surface area contributed by atoms with Gasteiger partial charge in [-0.15, -0.1) is 0 Å². The Morgan fingerprint density at radius 3 is 2.65 bits per heavy atom. The zero-order valence-corrected chi connectivity index (χ0v) is 9.37. The second-order valence-electron chi connectivity index (χ2n) is 3.61. The number of rotatable bonds is 1. The van der Waals surface area contributed by atoms with Gasteiger partial charge in [-0.2, -0.15) is 0 Å². The van der Waals surface area contributed by atoms with Gasteiger partial charge in [0.15, 0.2) is 0 Å². The molecule has 0 saturated carbocycles. The van der Waals surface area contributed by atoms with Crippen LogP contribution in [-0.4, -0.2) is 15.0 Å². The molecule has 3 nitrogen and oxygen atoms in total. The van der Waals surface area contributed by atoms with Gasteiger partial charge >= 0.3 is 0 Å². The average molecular weight is 248 g/mol. The Kier molecular flexibility index (Phi) is 2.30. The Morgan fingerprint density at radius 2 is 1.88 bits per heavy atom. The summed E-state index contributed by atoms with van der Waals surface area (Å²) in [6.45, 7) is 0. The van der Waals surface area contributed by atoms with Crippen molar-refractivity contribution in [2.45, 2.75) is 0 Å². The van der Waals surface area contributed by atoms with Crippen LogP contribution in [0.4, 0.5) is 4.39 Å². The van der Waals surface area contributed by atoms with E-state index >= 15 is 0 Å². The monoisotopic (exact) mass is 247 g/mol. The molecule has 5 heteroatoms. The molecular formula is C12H7ClFN3. The molecule has 1 aromatic carbocycles. The van der Waals surface area contributed by atoms with E-state index in [2.05, 4.69) is 15.0 Å². The van der Waals surface area contributed by atoms with E-state index in [1.54, 1.807) is 18.2 Å². The standard InChI is InChI=1S/C12H7ClFN3/c13-10-5-9-11(15-6-16-12(9)17-10)7-1-3-8(14)4-2-7/h1-6H,(H,15,16,17). The van der Waals surface area contributed by atoms with Crippen molar-refractivity contribution >= 4 is 22.6 Å². The summed E-state index contributed by atoms with van der Waals surface area (Å²) in [5, 5.41) is 1.33. The molecule has 17 heavy (non-hydrogen) atoms. The van der Waals surface area contributed by atoms with Crippen molar-refractivity contribution in [3.05, 3.63) is 47.6 Å². The fourth-order valence-corrected chi connectivity index (χ4v) is 1.94. The van der Waals surface area contributed by atoms with Gasteiger partial charge in [-0.1, -0.05) is 11.6 Å². The van der Waals surface area contributed by atoms with E-state index in [0.717, 1.165) is 16.6 Å². The van der Waals surface area contributed by atoms with Crippen LogP contribution in [0.15, 0.2) is 36.7 Å². The SMILES string of the molecule is Fc1ccc(-c2ncnc3[nH]c(Cl)cc23)cc1. The van der Waals surface area contributed by atoms with Crippen molar-refractivity contribution in [1.29, 1.82) is 0 Å². The Hall–Kier alpha value is -1.94. The van der Waals surface area contributed by atoms with Crippen molar-refractivity contribution in [3.63, 3.8) is 0 Å². The van der Waals surface area contributed by atoms with Gasteiger partial charge in [-0.3, -0.25) is 0 Å². The number of benzene rings is 1. The highest BCUT2D eigenvalue weighted by atomic mass is 35.5. The highest BCUT2D eigenvalue weighted by molar-refractivity contribution is 6.30. The minimum absolute atomic E-state index is 0.272. The fourth-order valence-electron chi connectivity index (χ4n) is 1.75. The number of aromatic nitrogens is 3. The van der Waals surface area contributed by atoms with E-state index in [1.807, 2.05) is 0 Å². The van der Waals surface area contributed by atoms with Crippen LogP contribution in [0.5, 0.6) is 0 Å². The third-order valence-electron chi connectivity index (χ3n) is 2.51. The minimum atomic E-state index is -0.272.